The van der Waals surface area contributed by atoms with Gasteiger partial charge in [-0.1, -0.05) is 6.92 Å². The summed E-state index contributed by atoms with van der Waals surface area (Å²) in [4.78, 5) is 26.5. The fraction of sp³-hybridized carbons (Fsp3) is 0.750. The molecule has 3 atom stereocenters. The van der Waals surface area contributed by atoms with E-state index in [4.69, 9.17) is 10.00 Å². The molecule has 0 radical (unpaired) electrons. The van der Waals surface area contributed by atoms with Crippen LogP contribution in [0, 0.1) is 17.2 Å². The van der Waals surface area contributed by atoms with Gasteiger partial charge in [-0.15, -0.1) is 0 Å². The molecule has 7 heteroatoms. The third-order valence-electron chi connectivity index (χ3n) is 3.68. The Labute approximate surface area is 111 Å². The summed E-state index contributed by atoms with van der Waals surface area (Å²) in [6.45, 7) is 3.20. The average Bonchev–Trinajstić information content (AvgIpc) is 2.80. The molecule has 0 aromatic heterocycles. The summed E-state index contributed by atoms with van der Waals surface area (Å²) in [5.41, 5.74) is 0. The van der Waals surface area contributed by atoms with Crippen LogP contribution in [0.25, 0.3) is 0 Å². The molecule has 2 amide bonds. The van der Waals surface area contributed by atoms with Crippen molar-refractivity contribution in [1.29, 1.82) is 5.26 Å². The summed E-state index contributed by atoms with van der Waals surface area (Å²) in [5, 5.41) is 18.0. The van der Waals surface area contributed by atoms with Crippen LogP contribution in [0.2, 0.25) is 0 Å². The van der Waals surface area contributed by atoms with Crippen LogP contribution in [-0.4, -0.2) is 65.3 Å². The van der Waals surface area contributed by atoms with Gasteiger partial charge in [0.05, 0.1) is 19.2 Å². The summed E-state index contributed by atoms with van der Waals surface area (Å²) in [7, 11) is 0. The van der Waals surface area contributed by atoms with Gasteiger partial charge in [-0.2, -0.15) is 5.26 Å². The normalized spacial score (nSPS) is 31.1. The van der Waals surface area contributed by atoms with Crippen LogP contribution in [-0.2, 0) is 9.53 Å². The van der Waals surface area contributed by atoms with Crippen molar-refractivity contribution in [3.05, 3.63) is 0 Å². The number of morpholine rings is 1. The molecule has 19 heavy (non-hydrogen) atoms. The maximum absolute atomic E-state index is 12.3. The number of carbonyl (C=O) groups excluding carboxylic acids is 1. The van der Waals surface area contributed by atoms with Crippen molar-refractivity contribution >= 4 is 12.0 Å². The molecule has 2 saturated heterocycles. The zero-order valence-corrected chi connectivity index (χ0v) is 10.8. The van der Waals surface area contributed by atoms with E-state index in [1.807, 2.05) is 13.0 Å². The summed E-state index contributed by atoms with van der Waals surface area (Å²) in [5.74, 6) is -1.02. The van der Waals surface area contributed by atoms with Crippen molar-refractivity contribution in [3.63, 3.8) is 0 Å². The molecule has 0 aromatic carbocycles. The Morgan fingerprint density at radius 2 is 2.16 bits per heavy atom. The van der Waals surface area contributed by atoms with Gasteiger partial charge in [0.25, 0.3) is 0 Å². The lowest BCUT2D eigenvalue weighted by molar-refractivity contribution is -0.142. The Hall–Kier alpha value is -1.81. The number of carboxylic acids is 1. The molecule has 0 aliphatic carbocycles. The van der Waals surface area contributed by atoms with Crippen molar-refractivity contribution in [3.8, 4) is 6.07 Å². The third-order valence-corrected chi connectivity index (χ3v) is 3.68. The monoisotopic (exact) mass is 267 g/mol. The first kappa shape index (κ1) is 13.6. The van der Waals surface area contributed by atoms with E-state index in [1.54, 1.807) is 0 Å². The van der Waals surface area contributed by atoms with E-state index < -0.39 is 18.1 Å². The van der Waals surface area contributed by atoms with Gasteiger partial charge >= 0.3 is 12.0 Å². The zero-order valence-electron chi connectivity index (χ0n) is 10.8. The highest BCUT2D eigenvalue weighted by atomic mass is 16.5. The van der Waals surface area contributed by atoms with Gasteiger partial charge in [-0.3, -0.25) is 0 Å². The van der Waals surface area contributed by atoms with Crippen LogP contribution in [0.1, 0.15) is 13.3 Å². The molecular weight excluding hydrogens is 250 g/mol. The largest absolute Gasteiger partial charge is 0.480 e. The van der Waals surface area contributed by atoms with Gasteiger partial charge < -0.3 is 19.6 Å². The average molecular weight is 267 g/mol. The van der Waals surface area contributed by atoms with E-state index in [-0.39, 0.29) is 18.5 Å². The first-order valence-corrected chi connectivity index (χ1v) is 6.34. The number of rotatable bonds is 1. The SMILES string of the molecule is CC1CCN(C(=O)N2CCOC(C#N)C2)C1C(=O)O. The molecule has 3 unspecified atom stereocenters. The lowest BCUT2D eigenvalue weighted by Crippen LogP contribution is -2.53. The van der Waals surface area contributed by atoms with Gasteiger partial charge in [0.15, 0.2) is 6.10 Å². The number of hydrogen-bond acceptors (Lipinski definition) is 4. The van der Waals surface area contributed by atoms with Gasteiger partial charge in [-0.25, -0.2) is 9.59 Å². The minimum Gasteiger partial charge on any atom is -0.480 e. The quantitative estimate of drug-likeness (QED) is 0.728. The van der Waals surface area contributed by atoms with E-state index in [0.717, 1.165) is 0 Å². The fourth-order valence-corrected chi connectivity index (χ4v) is 2.62. The Balaban J connectivity index is 2.07. The second-order valence-corrected chi connectivity index (χ2v) is 4.96. The van der Waals surface area contributed by atoms with Crippen molar-refractivity contribution in [2.75, 3.05) is 26.2 Å². The van der Waals surface area contributed by atoms with Crippen LogP contribution in [0.4, 0.5) is 4.79 Å². The highest BCUT2D eigenvalue weighted by Gasteiger charge is 2.41. The van der Waals surface area contributed by atoms with E-state index in [9.17, 15) is 14.7 Å². The van der Waals surface area contributed by atoms with E-state index in [1.165, 1.54) is 9.80 Å². The maximum Gasteiger partial charge on any atom is 0.326 e. The lowest BCUT2D eigenvalue weighted by atomic mass is 10.0. The van der Waals surface area contributed by atoms with Gasteiger partial charge in [0.2, 0.25) is 0 Å². The molecule has 2 rings (SSSR count). The number of nitrogens with zero attached hydrogens (tertiary/aromatic N) is 3. The van der Waals surface area contributed by atoms with Crippen LogP contribution < -0.4 is 0 Å². The molecule has 7 nitrogen and oxygen atoms in total. The second kappa shape index (κ2) is 5.45. The molecule has 0 aromatic rings. The number of likely N-dealkylation sites (tertiary alicyclic amines) is 1. The van der Waals surface area contributed by atoms with E-state index >= 15 is 0 Å². The van der Waals surface area contributed by atoms with Crippen LogP contribution in [0.3, 0.4) is 0 Å². The Bertz CT molecular complexity index is 420. The van der Waals surface area contributed by atoms with Gasteiger partial charge in [-0.05, 0) is 12.3 Å². The van der Waals surface area contributed by atoms with Crippen LogP contribution in [0.15, 0.2) is 0 Å². The molecule has 2 aliphatic heterocycles. The first-order valence-electron chi connectivity index (χ1n) is 6.34. The minimum absolute atomic E-state index is 0.0470. The zero-order chi connectivity index (χ0) is 14.0. The molecule has 104 valence electrons. The van der Waals surface area contributed by atoms with Crippen molar-refractivity contribution in [2.24, 2.45) is 5.92 Å². The van der Waals surface area contributed by atoms with E-state index in [0.29, 0.717) is 26.1 Å². The summed E-state index contributed by atoms with van der Waals surface area (Å²) in [6, 6.07) is 0.898. The summed E-state index contributed by atoms with van der Waals surface area (Å²) < 4.78 is 5.18. The molecule has 0 bridgehead atoms. The van der Waals surface area contributed by atoms with Crippen LogP contribution >= 0.6 is 0 Å². The molecule has 2 aliphatic rings. The van der Waals surface area contributed by atoms with Crippen LogP contribution in [0.5, 0.6) is 0 Å². The minimum atomic E-state index is -0.969. The van der Waals surface area contributed by atoms with Crippen molar-refractivity contribution in [2.45, 2.75) is 25.5 Å². The molecule has 2 fully saturated rings. The number of amides is 2. The first-order chi connectivity index (χ1) is 9.04. The molecule has 2 heterocycles. The standard InChI is InChI=1S/C12H17N3O4/c1-8-2-3-15(10(8)11(16)17)12(18)14-4-5-19-9(6-13)7-14/h8-10H,2-5,7H2,1H3,(H,16,17). The number of carboxylic acid groups (broad SMARTS) is 1. The topological polar surface area (TPSA) is 93.9 Å². The summed E-state index contributed by atoms with van der Waals surface area (Å²) in [6.07, 6.45) is 0.0651. The highest BCUT2D eigenvalue weighted by Crippen LogP contribution is 2.25. The predicted octanol–water partition coefficient (Wildman–Crippen LogP) is 0.126. The smallest absolute Gasteiger partial charge is 0.326 e. The number of nitriles is 1. The molecule has 0 spiro atoms. The Kier molecular flexibility index (Phi) is 3.90. The number of aliphatic carboxylic acids is 1. The Morgan fingerprint density at radius 3 is 2.79 bits per heavy atom. The second-order valence-electron chi connectivity index (χ2n) is 4.96. The molecule has 1 N–H and O–H groups in total. The van der Waals surface area contributed by atoms with Crippen molar-refractivity contribution in [1.82, 2.24) is 9.80 Å². The van der Waals surface area contributed by atoms with Gasteiger partial charge in [0, 0.05) is 13.1 Å². The van der Waals surface area contributed by atoms with Gasteiger partial charge in [0.1, 0.15) is 6.04 Å². The summed E-state index contributed by atoms with van der Waals surface area (Å²) >= 11 is 0. The molecule has 0 saturated carbocycles. The Morgan fingerprint density at radius 1 is 1.42 bits per heavy atom. The number of urea groups is 1. The maximum atomic E-state index is 12.3. The number of hydrogen-bond donors (Lipinski definition) is 1. The predicted molar refractivity (Wildman–Crippen MR) is 64.2 cm³/mol. The lowest BCUT2D eigenvalue weighted by Gasteiger charge is -2.34. The molecular formula is C12H17N3O4. The number of carbonyl (C=O) groups is 2. The van der Waals surface area contributed by atoms with E-state index in [2.05, 4.69) is 0 Å². The highest BCUT2D eigenvalue weighted by molar-refractivity contribution is 5.83. The number of ether oxygens (including phenoxy) is 1. The van der Waals surface area contributed by atoms with Crippen molar-refractivity contribution < 1.29 is 19.4 Å². The fourth-order valence-electron chi connectivity index (χ4n) is 2.62. The third kappa shape index (κ3) is 2.63.